The molecule has 1 heterocycles. The van der Waals surface area contributed by atoms with Crippen molar-refractivity contribution in [3.05, 3.63) is 42.2 Å². The standard InChI is InChI=1S/C16H20N2O/c1-16(2,3)15(17)9-14(19)13-6-4-5-11-10-18-8-7-12(11)13/h4-8,10,15H,9,17H2,1-3H3. The topological polar surface area (TPSA) is 56.0 Å². The molecule has 1 unspecified atom stereocenters. The summed E-state index contributed by atoms with van der Waals surface area (Å²) in [4.78, 5) is 16.5. The van der Waals surface area contributed by atoms with E-state index in [-0.39, 0.29) is 17.2 Å². The van der Waals surface area contributed by atoms with Gasteiger partial charge < -0.3 is 5.73 Å². The van der Waals surface area contributed by atoms with Gasteiger partial charge in [-0.15, -0.1) is 0 Å². The number of hydrogen-bond donors (Lipinski definition) is 1. The van der Waals surface area contributed by atoms with E-state index in [2.05, 4.69) is 25.8 Å². The third kappa shape index (κ3) is 2.99. The average Bonchev–Trinajstić information content (AvgIpc) is 2.36. The molecule has 3 heteroatoms. The number of rotatable bonds is 3. The lowest BCUT2D eigenvalue weighted by Crippen LogP contribution is -2.37. The second-order valence-corrected chi connectivity index (χ2v) is 6.00. The molecule has 0 saturated carbocycles. The molecule has 0 aliphatic rings. The van der Waals surface area contributed by atoms with Crippen LogP contribution in [0.5, 0.6) is 0 Å². The summed E-state index contributed by atoms with van der Waals surface area (Å²) >= 11 is 0. The number of Topliss-reactive ketones (excluding diaryl/α,β-unsaturated/α-hetero) is 1. The van der Waals surface area contributed by atoms with E-state index in [4.69, 9.17) is 5.73 Å². The minimum absolute atomic E-state index is 0.0677. The maximum Gasteiger partial charge on any atom is 0.165 e. The lowest BCUT2D eigenvalue weighted by atomic mass is 9.83. The molecule has 0 fully saturated rings. The van der Waals surface area contributed by atoms with Crippen molar-refractivity contribution in [1.82, 2.24) is 4.98 Å². The zero-order valence-corrected chi connectivity index (χ0v) is 11.7. The Balaban J connectivity index is 2.32. The number of ketones is 1. The van der Waals surface area contributed by atoms with E-state index in [1.165, 1.54) is 0 Å². The second-order valence-electron chi connectivity index (χ2n) is 6.00. The first kappa shape index (κ1) is 13.7. The van der Waals surface area contributed by atoms with Gasteiger partial charge in [0.2, 0.25) is 0 Å². The van der Waals surface area contributed by atoms with E-state index in [1.807, 2.05) is 24.3 Å². The molecule has 0 radical (unpaired) electrons. The molecule has 0 amide bonds. The van der Waals surface area contributed by atoms with Gasteiger partial charge in [0.15, 0.2) is 5.78 Å². The van der Waals surface area contributed by atoms with Crippen LogP contribution in [-0.4, -0.2) is 16.8 Å². The van der Waals surface area contributed by atoms with E-state index in [1.54, 1.807) is 12.4 Å². The Morgan fingerprint density at radius 1 is 1.32 bits per heavy atom. The van der Waals surface area contributed by atoms with Gasteiger partial charge in [-0.3, -0.25) is 9.78 Å². The summed E-state index contributed by atoms with van der Waals surface area (Å²) in [6.07, 6.45) is 3.85. The van der Waals surface area contributed by atoms with Crippen LogP contribution in [0.15, 0.2) is 36.7 Å². The Bertz CT molecular complexity index is 594. The maximum absolute atomic E-state index is 12.4. The van der Waals surface area contributed by atoms with E-state index in [0.717, 1.165) is 16.3 Å². The van der Waals surface area contributed by atoms with Gasteiger partial charge in [-0.1, -0.05) is 39.0 Å². The SMILES string of the molecule is CC(C)(C)C(N)CC(=O)c1cccc2cnccc12. The fourth-order valence-electron chi connectivity index (χ4n) is 1.98. The number of nitrogens with two attached hydrogens (primary N) is 1. The molecule has 2 aromatic rings. The normalized spacial score (nSPS) is 13.5. The molecule has 0 bridgehead atoms. The molecule has 1 aromatic heterocycles. The fraction of sp³-hybridized carbons (Fsp3) is 0.375. The van der Waals surface area contributed by atoms with Crippen molar-refractivity contribution in [1.29, 1.82) is 0 Å². The molecule has 2 rings (SSSR count). The molecular formula is C16H20N2O. The van der Waals surface area contributed by atoms with Crippen LogP contribution in [0.3, 0.4) is 0 Å². The lowest BCUT2D eigenvalue weighted by Gasteiger charge is -2.26. The number of aromatic nitrogens is 1. The fourth-order valence-corrected chi connectivity index (χ4v) is 1.98. The third-order valence-electron chi connectivity index (χ3n) is 3.50. The highest BCUT2D eigenvalue weighted by Crippen LogP contribution is 2.24. The van der Waals surface area contributed by atoms with Crippen LogP contribution < -0.4 is 5.73 Å². The van der Waals surface area contributed by atoms with Crippen LogP contribution in [0.2, 0.25) is 0 Å². The summed E-state index contributed by atoms with van der Waals surface area (Å²) in [5.41, 5.74) is 6.77. The van der Waals surface area contributed by atoms with Crippen LogP contribution >= 0.6 is 0 Å². The van der Waals surface area contributed by atoms with Crippen LogP contribution in [0, 0.1) is 5.41 Å². The Kier molecular flexibility index (Phi) is 3.67. The summed E-state index contributed by atoms with van der Waals surface area (Å²) in [6.45, 7) is 6.16. The number of pyridine rings is 1. The summed E-state index contributed by atoms with van der Waals surface area (Å²) in [5.74, 6) is 0.0965. The van der Waals surface area contributed by atoms with E-state index >= 15 is 0 Å². The van der Waals surface area contributed by atoms with Crippen molar-refractivity contribution >= 4 is 16.6 Å². The summed E-state index contributed by atoms with van der Waals surface area (Å²) in [5, 5.41) is 1.93. The molecule has 0 saturated heterocycles. The van der Waals surface area contributed by atoms with Gasteiger partial charge in [0, 0.05) is 35.8 Å². The predicted octanol–water partition coefficient (Wildman–Crippen LogP) is 3.18. The molecule has 1 atom stereocenters. The first-order valence-electron chi connectivity index (χ1n) is 6.51. The van der Waals surface area contributed by atoms with Gasteiger partial charge in [-0.25, -0.2) is 0 Å². The number of benzene rings is 1. The minimum atomic E-state index is -0.142. The van der Waals surface area contributed by atoms with Gasteiger partial charge >= 0.3 is 0 Å². The summed E-state index contributed by atoms with van der Waals surface area (Å²) < 4.78 is 0. The maximum atomic E-state index is 12.4. The zero-order chi connectivity index (χ0) is 14.0. The number of hydrogen-bond acceptors (Lipinski definition) is 3. The molecule has 19 heavy (non-hydrogen) atoms. The van der Waals surface area contributed by atoms with E-state index < -0.39 is 0 Å². The minimum Gasteiger partial charge on any atom is -0.327 e. The molecule has 0 spiro atoms. The van der Waals surface area contributed by atoms with Crippen molar-refractivity contribution in [2.75, 3.05) is 0 Å². The second kappa shape index (κ2) is 5.10. The molecule has 3 nitrogen and oxygen atoms in total. The van der Waals surface area contributed by atoms with E-state index in [9.17, 15) is 4.79 Å². The summed E-state index contributed by atoms with van der Waals surface area (Å²) in [7, 11) is 0. The van der Waals surface area contributed by atoms with E-state index in [0.29, 0.717) is 6.42 Å². The van der Waals surface area contributed by atoms with Crippen molar-refractivity contribution in [3.8, 4) is 0 Å². The van der Waals surface area contributed by atoms with Gasteiger partial charge in [0.1, 0.15) is 0 Å². The average molecular weight is 256 g/mol. The van der Waals surface area contributed by atoms with Crippen LogP contribution in [0.4, 0.5) is 0 Å². The number of fused-ring (bicyclic) bond motifs is 1. The number of carbonyl (C=O) groups is 1. The lowest BCUT2D eigenvalue weighted by molar-refractivity contribution is 0.0955. The highest BCUT2D eigenvalue weighted by atomic mass is 16.1. The van der Waals surface area contributed by atoms with Gasteiger partial charge in [0.25, 0.3) is 0 Å². The molecular weight excluding hydrogens is 236 g/mol. The Hall–Kier alpha value is -1.74. The van der Waals surface area contributed by atoms with Crippen molar-refractivity contribution in [2.24, 2.45) is 11.1 Å². The highest BCUT2D eigenvalue weighted by molar-refractivity contribution is 6.08. The quantitative estimate of drug-likeness (QED) is 0.858. The van der Waals surface area contributed by atoms with Gasteiger partial charge in [0.05, 0.1) is 0 Å². The van der Waals surface area contributed by atoms with Crippen molar-refractivity contribution in [3.63, 3.8) is 0 Å². The predicted molar refractivity (Wildman–Crippen MR) is 78.1 cm³/mol. The first-order valence-corrected chi connectivity index (χ1v) is 6.51. The van der Waals surface area contributed by atoms with Gasteiger partial charge in [-0.05, 0) is 16.9 Å². The smallest absolute Gasteiger partial charge is 0.165 e. The van der Waals surface area contributed by atoms with Gasteiger partial charge in [-0.2, -0.15) is 0 Å². The number of carbonyl (C=O) groups excluding carboxylic acids is 1. The van der Waals surface area contributed by atoms with Crippen molar-refractivity contribution < 1.29 is 4.79 Å². The first-order chi connectivity index (χ1) is 8.89. The summed E-state index contributed by atoms with van der Waals surface area (Å²) in [6, 6.07) is 7.45. The Morgan fingerprint density at radius 2 is 2.05 bits per heavy atom. The zero-order valence-electron chi connectivity index (χ0n) is 11.7. The number of nitrogens with zero attached hydrogens (tertiary/aromatic N) is 1. The van der Waals surface area contributed by atoms with Crippen LogP contribution in [0.25, 0.3) is 10.8 Å². The Labute approximate surface area is 113 Å². The van der Waals surface area contributed by atoms with Crippen LogP contribution in [0.1, 0.15) is 37.6 Å². The molecule has 1 aromatic carbocycles. The molecule has 0 aliphatic carbocycles. The third-order valence-corrected chi connectivity index (χ3v) is 3.50. The highest BCUT2D eigenvalue weighted by Gasteiger charge is 2.24. The monoisotopic (exact) mass is 256 g/mol. The van der Waals surface area contributed by atoms with Crippen molar-refractivity contribution in [2.45, 2.75) is 33.2 Å². The molecule has 100 valence electrons. The largest absolute Gasteiger partial charge is 0.327 e. The Morgan fingerprint density at radius 3 is 2.74 bits per heavy atom. The molecule has 2 N–H and O–H groups in total. The van der Waals surface area contributed by atoms with Crippen LogP contribution in [-0.2, 0) is 0 Å². The molecule has 0 aliphatic heterocycles.